The van der Waals surface area contributed by atoms with E-state index in [1.54, 1.807) is 0 Å². The summed E-state index contributed by atoms with van der Waals surface area (Å²) in [5, 5.41) is 3.52. The summed E-state index contributed by atoms with van der Waals surface area (Å²) < 4.78 is 4.86. The SMILES string of the molecule is COC(=O)C1CSC2(CCCN(Cc3ccccc3)C2)N1. The molecule has 2 aliphatic rings. The van der Waals surface area contributed by atoms with E-state index in [1.165, 1.54) is 19.1 Å². The molecule has 0 amide bonds. The van der Waals surface area contributed by atoms with E-state index in [1.807, 2.05) is 11.8 Å². The van der Waals surface area contributed by atoms with Crippen LogP contribution in [0.1, 0.15) is 18.4 Å². The second-order valence-electron chi connectivity index (χ2n) is 5.83. The predicted molar refractivity (Wildman–Crippen MR) is 85.1 cm³/mol. The molecule has 1 N–H and O–H groups in total. The lowest BCUT2D eigenvalue weighted by atomic mass is 10.0. The van der Waals surface area contributed by atoms with E-state index in [2.05, 4.69) is 40.5 Å². The molecule has 0 saturated carbocycles. The molecule has 0 radical (unpaired) electrons. The first kappa shape index (κ1) is 14.9. The Labute approximate surface area is 130 Å². The molecule has 3 rings (SSSR count). The highest BCUT2D eigenvalue weighted by Gasteiger charge is 2.44. The van der Waals surface area contributed by atoms with Crippen molar-refractivity contribution < 1.29 is 9.53 Å². The first-order chi connectivity index (χ1) is 10.2. The van der Waals surface area contributed by atoms with Crippen LogP contribution in [0.3, 0.4) is 0 Å². The average molecular weight is 306 g/mol. The van der Waals surface area contributed by atoms with Gasteiger partial charge >= 0.3 is 5.97 Å². The van der Waals surface area contributed by atoms with E-state index in [-0.39, 0.29) is 16.9 Å². The number of nitrogens with zero attached hydrogens (tertiary/aromatic N) is 1. The number of esters is 1. The van der Waals surface area contributed by atoms with Gasteiger partial charge in [-0.3, -0.25) is 15.0 Å². The van der Waals surface area contributed by atoms with Crippen molar-refractivity contribution in [1.82, 2.24) is 10.2 Å². The van der Waals surface area contributed by atoms with E-state index in [9.17, 15) is 4.79 Å². The number of hydrogen-bond acceptors (Lipinski definition) is 5. The molecular formula is C16H22N2O2S. The van der Waals surface area contributed by atoms with Crippen molar-refractivity contribution in [2.24, 2.45) is 0 Å². The smallest absolute Gasteiger partial charge is 0.323 e. The molecule has 2 fully saturated rings. The van der Waals surface area contributed by atoms with Crippen LogP contribution in [0.15, 0.2) is 30.3 Å². The number of methoxy groups -OCH3 is 1. The maximum Gasteiger partial charge on any atom is 0.323 e. The van der Waals surface area contributed by atoms with Gasteiger partial charge in [-0.1, -0.05) is 30.3 Å². The maximum absolute atomic E-state index is 11.7. The standard InChI is InChI=1S/C16H22N2O2S/c1-20-15(19)14-11-21-16(17-14)8-5-9-18(12-16)10-13-6-3-2-4-7-13/h2-4,6-7,14,17H,5,8-12H2,1H3. The number of carbonyl (C=O) groups is 1. The number of thioether (sulfide) groups is 1. The second-order valence-corrected chi connectivity index (χ2v) is 7.23. The molecular weight excluding hydrogens is 284 g/mol. The summed E-state index contributed by atoms with van der Waals surface area (Å²) in [5.41, 5.74) is 1.35. The van der Waals surface area contributed by atoms with Crippen molar-refractivity contribution in [2.45, 2.75) is 30.3 Å². The lowest BCUT2D eigenvalue weighted by molar-refractivity contribution is -0.142. The molecule has 21 heavy (non-hydrogen) atoms. The largest absolute Gasteiger partial charge is 0.468 e. The van der Waals surface area contributed by atoms with Crippen LogP contribution in [0, 0.1) is 0 Å². The van der Waals surface area contributed by atoms with Gasteiger partial charge in [-0.15, -0.1) is 11.8 Å². The summed E-state index contributed by atoms with van der Waals surface area (Å²) in [6.45, 7) is 3.09. The average Bonchev–Trinajstić information content (AvgIpc) is 2.91. The summed E-state index contributed by atoms with van der Waals surface area (Å²) in [6, 6.07) is 10.4. The minimum absolute atomic E-state index is 0.0197. The van der Waals surface area contributed by atoms with Crippen molar-refractivity contribution in [2.75, 3.05) is 26.0 Å². The Morgan fingerprint density at radius 3 is 3.05 bits per heavy atom. The molecule has 2 atom stereocenters. The zero-order valence-electron chi connectivity index (χ0n) is 12.4. The van der Waals surface area contributed by atoms with Crippen LogP contribution in [0.5, 0.6) is 0 Å². The number of piperidine rings is 1. The van der Waals surface area contributed by atoms with Crippen LogP contribution in [0.2, 0.25) is 0 Å². The molecule has 1 spiro atoms. The van der Waals surface area contributed by atoms with E-state index >= 15 is 0 Å². The Hall–Kier alpha value is -1.04. The van der Waals surface area contributed by atoms with Crippen LogP contribution in [-0.4, -0.2) is 47.7 Å². The monoisotopic (exact) mass is 306 g/mol. The fourth-order valence-electron chi connectivity index (χ4n) is 3.23. The minimum atomic E-state index is -0.156. The van der Waals surface area contributed by atoms with Gasteiger partial charge in [-0.25, -0.2) is 0 Å². The summed E-state index contributed by atoms with van der Waals surface area (Å²) in [6.07, 6.45) is 2.29. The highest BCUT2D eigenvalue weighted by molar-refractivity contribution is 8.01. The van der Waals surface area contributed by atoms with Crippen molar-refractivity contribution in [3.05, 3.63) is 35.9 Å². The number of likely N-dealkylation sites (tertiary alicyclic amines) is 1. The third kappa shape index (κ3) is 3.42. The summed E-state index contributed by atoms with van der Waals surface area (Å²) in [4.78, 5) is 14.2. The van der Waals surface area contributed by atoms with Crippen LogP contribution in [-0.2, 0) is 16.1 Å². The Balaban J connectivity index is 1.62. The highest BCUT2D eigenvalue weighted by Crippen LogP contribution is 2.38. The molecule has 2 saturated heterocycles. The van der Waals surface area contributed by atoms with Gasteiger partial charge in [0.2, 0.25) is 0 Å². The Morgan fingerprint density at radius 1 is 1.48 bits per heavy atom. The molecule has 0 aliphatic carbocycles. The lowest BCUT2D eigenvalue weighted by Crippen LogP contribution is -2.54. The fraction of sp³-hybridized carbons (Fsp3) is 0.562. The Bertz CT molecular complexity index is 496. The van der Waals surface area contributed by atoms with Crippen LogP contribution < -0.4 is 5.32 Å². The Kier molecular flexibility index (Phi) is 4.52. The Morgan fingerprint density at radius 2 is 2.29 bits per heavy atom. The number of rotatable bonds is 3. The number of carbonyl (C=O) groups excluding carboxylic acids is 1. The summed E-state index contributed by atoms with van der Waals surface area (Å²) >= 11 is 1.88. The maximum atomic E-state index is 11.7. The van der Waals surface area contributed by atoms with Crippen molar-refractivity contribution in [1.29, 1.82) is 0 Å². The van der Waals surface area contributed by atoms with Gasteiger partial charge in [0.15, 0.2) is 0 Å². The second kappa shape index (κ2) is 6.38. The van der Waals surface area contributed by atoms with Gasteiger partial charge in [-0.2, -0.15) is 0 Å². The van der Waals surface area contributed by atoms with E-state index in [0.717, 1.165) is 31.8 Å². The number of nitrogens with one attached hydrogen (secondary N) is 1. The molecule has 5 heteroatoms. The van der Waals surface area contributed by atoms with Gasteiger partial charge in [0.1, 0.15) is 6.04 Å². The highest BCUT2D eigenvalue weighted by atomic mass is 32.2. The normalized spacial score (nSPS) is 29.7. The number of hydrogen-bond donors (Lipinski definition) is 1. The molecule has 2 aliphatic heterocycles. The molecule has 2 heterocycles. The van der Waals surface area contributed by atoms with E-state index < -0.39 is 0 Å². The van der Waals surface area contributed by atoms with Gasteiger partial charge in [0.05, 0.1) is 12.0 Å². The van der Waals surface area contributed by atoms with Crippen LogP contribution in [0.25, 0.3) is 0 Å². The molecule has 0 aromatic heterocycles. The van der Waals surface area contributed by atoms with Gasteiger partial charge in [0, 0.05) is 18.8 Å². The minimum Gasteiger partial charge on any atom is -0.468 e. The van der Waals surface area contributed by atoms with Gasteiger partial charge in [-0.05, 0) is 24.9 Å². The van der Waals surface area contributed by atoms with Gasteiger partial charge < -0.3 is 4.74 Å². The third-order valence-electron chi connectivity index (χ3n) is 4.23. The first-order valence-corrected chi connectivity index (χ1v) is 8.45. The molecule has 0 bridgehead atoms. The molecule has 1 aromatic rings. The number of ether oxygens (including phenoxy) is 1. The van der Waals surface area contributed by atoms with Crippen molar-refractivity contribution in [3.63, 3.8) is 0 Å². The number of benzene rings is 1. The van der Waals surface area contributed by atoms with Crippen LogP contribution in [0.4, 0.5) is 0 Å². The molecule has 1 aromatic carbocycles. The zero-order valence-corrected chi connectivity index (χ0v) is 13.2. The fourth-order valence-corrected chi connectivity index (χ4v) is 4.73. The van der Waals surface area contributed by atoms with E-state index in [0.29, 0.717) is 0 Å². The van der Waals surface area contributed by atoms with Gasteiger partial charge in [0.25, 0.3) is 0 Å². The van der Waals surface area contributed by atoms with Crippen molar-refractivity contribution in [3.8, 4) is 0 Å². The van der Waals surface area contributed by atoms with E-state index in [4.69, 9.17) is 4.74 Å². The summed E-state index contributed by atoms with van der Waals surface area (Å²) in [7, 11) is 1.46. The predicted octanol–water partition coefficient (Wildman–Crippen LogP) is 1.86. The topological polar surface area (TPSA) is 41.6 Å². The molecule has 4 nitrogen and oxygen atoms in total. The summed E-state index contributed by atoms with van der Waals surface area (Å²) in [5.74, 6) is 0.672. The third-order valence-corrected chi connectivity index (χ3v) is 5.74. The van der Waals surface area contributed by atoms with Crippen LogP contribution >= 0.6 is 11.8 Å². The zero-order chi connectivity index (χ0) is 14.7. The first-order valence-electron chi connectivity index (χ1n) is 7.46. The lowest BCUT2D eigenvalue weighted by Gasteiger charge is -2.40. The van der Waals surface area contributed by atoms with Crippen molar-refractivity contribution >= 4 is 17.7 Å². The quantitative estimate of drug-likeness (QED) is 0.863. The molecule has 114 valence electrons. The molecule has 2 unspecified atom stereocenters.